The van der Waals surface area contributed by atoms with Crippen LogP contribution in [0.15, 0.2) is 65.7 Å². The number of nitrogens with one attached hydrogen (secondary N) is 7. The summed E-state index contributed by atoms with van der Waals surface area (Å²) in [4.78, 5) is 81.7. The number of phenolic OH excluding ortho intramolecular Hbond substituents is 1. The summed E-state index contributed by atoms with van der Waals surface area (Å²) in [5, 5.41) is 27.8. The zero-order valence-corrected chi connectivity index (χ0v) is 36.4. The number of nitrogens with two attached hydrogens (primary N) is 2. The fourth-order valence-electron chi connectivity index (χ4n) is 6.70. The molecule has 1 aliphatic rings. The molecule has 21 heteroatoms. The Morgan fingerprint density at radius 2 is 1.42 bits per heavy atom. The van der Waals surface area contributed by atoms with E-state index in [4.69, 9.17) is 16.2 Å². The number of nitrogens with zero attached hydrogens (tertiary/aromatic N) is 2. The number of benzene rings is 3. The number of rotatable bonds is 25. The molecule has 352 valence electrons. The molecule has 0 fully saturated rings. The van der Waals surface area contributed by atoms with E-state index in [0.717, 1.165) is 23.3 Å². The molecule has 1 heterocycles. The van der Waals surface area contributed by atoms with E-state index in [1.165, 1.54) is 0 Å². The number of phenols is 1. The van der Waals surface area contributed by atoms with Crippen LogP contribution in [0.3, 0.4) is 0 Å². The van der Waals surface area contributed by atoms with Gasteiger partial charge in [-0.1, -0.05) is 43.3 Å². The number of carbonyl (C=O) groups is 6. The Kier molecular flexibility index (Phi) is 20.8. The van der Waals surface area contributed by atoms with Crippen LogP contribution in [0.2, 0.25) is 0 Å². The maximum atomic E-state index is 14.6. The molecule has 0 bridgehead atoms. The van der Waals surface area contributed by atoms with E-state index in [-0.39, 0.29) is 75.6 Å². The molecule has 4 rings (SSSR count). The molecule has 0 radical (unpaired) electrons. The van der Waals surface area contributed by atoms with Crippen molar-refractivity contribution in [2.24, 2.45) is 16.5 Å². The second kappa shape index (κ2) is 26.7. The number of carbonyl (C=O) groups excluding carboxylic acids is 6. The molecule has 3 aromatic carbocycles. The number of hydrogen-bond donors (Lipinski definition) is 10. The highest BCUT2D eigenvalue weighted by molar-refractivity contribution is 5.95. The van der Waals surface area contributed by atoms with E-state index in [9.17, 15) is 42.7 Å². The van der Waals surface area contributed by atoms with Crippen LogP contribution in [0, 0.1) is 11.6 Å². The van der Waals surface area contributed by atoms with Crippen LogP contribution in [0.25, 0.3) is 0 Å². The number of guanidine groups is 1. The Labute approximate surface area is 375 Å². The first-order valence-corrected chi connectivity index (χ1v) is 21.4. The van der Waals surface area contributed by atoms with Gasteiger partial charge in [-0.05, 0) is 48.1 Å². The largest absolute Gasteiger partial charge is 0.508 e. The second-order valence-electron chi connectivity index (χ2n) is 15.0. The molecule has 0 spiro atoms. The van der Waals surface area contributed by atoms with E-state index in [2.05, 4.69) is 42.2 Å². The smallest absolute Gasteiger partial charge is 0.321 e. The average molecular weight is 908 g/mol. The van der Waals surface area contributed by atoms with Crippen LogP contribution in [0.4, 0.5) is 13.6 Å². The minimum absolute atomic E-state index is 0.00250. The van der Waals surface area contributed by atoms with Gasteiger partial charge in [-0.15, -0.1) is 0 Å². The van der Waals surface area contributed by atoms with Gasteiger partial charge in [-0.3, -0.25) is 39.2 Å². The average Bonchev–Trinajstić information content (AvgIpc) is 3.71. The van der Waals surface area contributed by atoms with Crippen molar-refractivity contribution in [3.63, 3.8) is 0 Å². The van der Waals surface area contributed by atoms with Crippen molar-refractivity contribution in [2.75, 3.05) is 45.9 Å². The number of ether oxygens (including phenoxy) is 1. The molecule has 0 aliphatic carbocycles. The Hall–Kier alpha value is -6.87. The number of urea groups is 1. The summed E-state index contributed by atoms with van der Waals surface area (Å²) in [5.41, 5.74) is 13.4. The standard InChI is InChI=1S/C44H59F2N11O8/c1-2-37(59)51-20-21-53-44(64)56-43(48)52-17-5-9-36(41(62)54-25-33-34(45)23-31(58)24-35(33)46)55-42(63)40(57-26-29-7-3-4-8-30(29)27-57)28-10-12-32(13-11-28)65-22-6-18-49-38(60)14-15-39(61)50-19-16-47/h3-4,7-8,10-13,23-24,36,40,58H,2,5-6,9,14-22,25-27,47H2,1H3,(H,49,60)(H,50,61)(H,51,59)(H,54,62)(H,55,63)(H4,48,52,53,56,64)/t36-,40+/m1/s1. The summed E-state index contributed by atoms with van der Waals surface area (Å²) in [5.74, 6) is -4.41. The summed E-state index contributed by atoms with van der Waals surface area (Å²) >= 11 is 0. The third kappa shape index (κ3) is 17.3. The Morgan fingerprint density at radius 3 is 2.05 bits per heavy atom. The first-order chi connectivity index (χ1) is 31.3. The number of fused-ring (bicyclic) bond motifs is 1. The molecule has 12 N–H and O–H groups in total. The van der Waals surface area contributed by atoms with E-state index >= 15 is 0 Å². The lowest BCUT2D eigenvalue weighted by atomic mass is 10.0. The molecule has 19 nitrogen and oxygen atoms in total. The zero-order valence-electron chi connectivity index (χ0n) is 36.4. The Bertz CT molecular complexity index is 2080. The molecular weight excluding hydrogens is 849 g/mol. The van der Waals surface area contributed by atoms with E-state index < -0.39 is 59.4 Å². The van der Waals surface area contributed by atoms with Crippen molar-refractivity contribution in [2.45, 2.75) is 77.2 Å². The number of hydrogen-bond acceptors (Lipinski definition) is 11. The minimum atomic E-state index is -1.22. The number of aliphatic imine (C=N–C) groups is 1. The number of aromatic hydroxyl groups is 1. The molecule has 7 amide bonds. The van der Waals surface area contributed by atoms with Crippen LogP contribution in [0.1, 0.15) is 73.7 Å². The number of amides is 7. The van der Waals surface area contributed by atoms with Crippen LogP contribution in [0.5, 0.6) is 11.5 Å². The monoisotopic (exact) mass is 907 g/mol. The molecule has 2 atom stereocenters. The van der Waals surface area contributed by atoms with Gasteiger partial charge in [0.1, 0.15) is 35.2 Å². The second-order valence-corrected chi connectivity index (χ2v) is 15.0. The van der Waals surface area contributed by atoms with Gasteiger partial charge in [0, 0.05) is 95.9 Å². The van der Waals surface area contributed by atoms with Crippen LogP contribution >= 0.6 is 0 Å². The van der Waals surface area contributed by atoms with Gasteiger partial charge in [-0.2, -0.15) is 0 Å². The zero-order chi connectivity index (χ0) is 47.1. The topological polar surface area (TPSA) is 284 Å². The Balaban J connectivity index is 1.43. The lowest BCUT2D eigenvalue weighted by molar-refractivity contribution is -0.132. The fourth-order valence-corrected chi connectivity index (χ4v) is 6.70. The van der Waals surface area contributed by atoms with Gasteiger partial charge in [0.2, 0.25) is 29.5 Å². The maximum absolute atomic E-state index is 14.6. The summed E-state index contributed by atoms with van der Waals surface area (Å²) < 4.78 is 35.1. The Morgan fingerprint density at radius 1 is 0.800 bits per heavy atom. The van der Waals surface area contributed by atoms with Crippen molar-refractivity contribution in [3.8, 4) is 11.5 Å². The summed E-state index contributed by atoms with van der Waals surface area (Å²) in [6.45, 7) is 3.63. The van der Waals surface area contributed by atoms with Gasteiger partial charge in [0.15, 0.2) is 5.96 Å². The maximum Gasteiger partial charge on any atom is 0.321 e. The van der Waals surface area contributed by atoms with Crippen LogP contribution in [-0.2, 0) is 43.6 Å². The minimum Gasteiger partial charge on any atom is -0.508 e. The van der Waals surface area contributed by atoms with Crippen molar-refractivity contribution in [1.29, 1.82) is 0 Å². The lowest BCUT2D eigenvalue weighted by Crippen LogP contribution is -2.50. The van der Waals surface area contributed by atoms with E-state index in [1.807, 2.05) is 29.2 Å². The quantitative estimate of drug-likeness (QED) is 0.0328. The van der Waals surface area contributed by atoms with E-state index in [1.54, 1.807) is 31.2 Å². The highest BCUT2D eigenvalue weighted by atomic mass is 19.1. The molecular formula is C44H59F2N11O8. The fraction of sp³-hybridized carbons (Fsp3) is 0.432. The lowest BCUT2D eigenvalue weighted by Gasteiger charge is -2.29. The highest BCUT2D eigenvalue weighted by Crippen LogP contribution is 2.32. The predicted octanol–water partition coefficient (Wildman–Crippen LogP) is 1.19. The van der Waals surface area contributed by atoms with Gasteiger partial charge in [0.25, 0.3) is 0 Å². The summed E-state index contributed by atoms with van der Waals surface area (Å²) in [7, 11) is 0. The molecule has 65 heavy (non-hydrogen) atoms. The number of halogens is 2. The van der Waals surface area contributed by atoms with Crippen LogP contribution < -0.4 is 53.4 Å². The molecule has 0 aromatic heterocycles. The first-order valence-electron chi connectivity index (χ1n) is 21.4. The molecule has 1 aliphatic heterocycles. The van der Waals surface area contributed by atoms with Crippen molar-refractivity contribution in [3.05, 3.63) is 94.6 Å². The van der Waals surface area contributed by atoms with Gasteiger partial charge in [-0.25, -0.2) is 13.6 Å². The van der Waals surface area contributed by atoms with Crippen molar-refractivity contribution in [1.82, 2.24) is 42.1 Å². The normalized spacial score (nSPS) is 13.1. The predicted molar refractivity (Wildman–Crippen MR) is 237 cm³/mol. The summed E-state index contributed by atoms with van der Waals surface area (Å²) in [6, 6.07) is 13.3. The van der Waals surface area contributed by atoms with Gasteiger partial charge >= 0.3 is 6.03 Å². The molecule has 0 saturated heterocycles. The summed E-state index contributed by atoms with van der Waals surface area (Å²) in [6.07, 6.45) is 1.09. The van der Waals surface area contributed by atoms with Gasteiger partial charge < -0.3 is 53.2 Å². The SMILES string of the molecule is CCC(=O)NCCNC(=O)NC(N)=NCCC[C@@H](NC(=O)[C@H](c1ccc(OCCCNC(=O)CCC(=O)NCCN)cc1)N1Cc2ccccc2C1)C(=O)NCc1c(F)cc(O)cc1F. The first kappa shape index (κ1) is 50.8. The molecule has 0 saturated carbocycles. The van der Waals surface area contributed by atoms with Crippen molar-refractivity contribution < 1.29 is 47.4 Å². The third-order valence-corrected chi connectivity index (χ3v) is 10.1. The van der Waals surface area contributed by atoms with Gasteiger partial charge in [0.05, 0.1) is 6.61 Å². The van der Waals surface area contributed by atoms with Crippen LogP contribution in [-0.4, -0.2) is 103 Å². The third-order valence-electron chi connectivity index (χ3n) is 10.1. The van der Waals surface area contributed by atoms with Crippen molar-refractivity contribution >= 4 is 41.5 Å². The van der Waals surface area contributed by atoms with E-state index in [0.29, 0.717) is 56.9 Å². The highest BCUT2D eigenvalue weighted by Gasteiger charge is 2.34. The molecule has 3 aromatic rings. The molecule has 0 unspecified atom stereocenters.